The van der Waals surface area contributed by atoms with Crippen LogP contribution in [-0.4, -0.2) is 45.3 Å². The van der Waals surface area contributed by atoms with Gasteiger partial charge in [0.05, 0.1) is 16.5 Å². The largest absolute Gasteiger partial charge is 0.444 e. The molecular weight excluding hydrogens is 374 g/mol. The third-order valence-corrected chi connectivity index (χ3v) is 5.32. The van der Waals surface area contributed by atoms with E-state index in [1.54, 1.807) is 6.07 Å². The number of ether oxygens (including phenoxy) is 1. The SMILES string of the molecule is Cc1nc2c(N3CC[C@H](NC(=O)OC(C)(C)C)C3)c([N+](=O)[O-])ccc2n1C1CC1. The molecule has 0 bridgehead atoms. The lowest BCUT2D eigenvalue weighted by Gasteiger charge is -2.22. The first-order valence-corrected chi connectivity index (χ1v) is 10.0. The number of hydrogen-bond donors (Lipinski definition) is 1. The van der Waals surface area contributed by atoms with Crippen LogP contribution in [0.2, 0.25) is 0 Å². The van der Waals surface area contributed by atoms with Crippen LogP contribution in [0.1, 0.15) is 51.9 Å². The van der Waals surface area contributed by atoms with Gasteiger partial charge >= 0.3 is 6.09 Å². The van der Waals surface area contributed by atoms with E-state index >= 15 is 0 Å². The summed E-state index contributed by atoms with van der Waals surface area (Å²) in [6.07, 6.45) is 2.45. The summed E-state index contributed by atoms with van der Waals surface area (Å²) in [6.45, 7) is 8.48. The van der Waals surface area contributed by atoms with Crippen LogP contribution >= 0.6 is 0 Å². The number of imidazole rings is 1. The van der Waals surface area contributed by atoms with Crippen molar-refractivity contribution >= 4 is 28.5 Å². The number of nitrogens with zero attached hydrogens (tertiary/aromatic N) is 4. The Hall–Kier alpha value is -2.84. The maximum absolute atomic E-state index is 12.1. The number of carbonyl (C=O) groups excluding carboxylic acids is 1. The van der Waals surface area contributed by atoms with Gasteiger partial charge in [-0.05, 0) is 53.0 Å². The van der Waals surface area contributed by atoms with Gasteiger partial charge in [0.15, 0.2) is 0 Å². The molecule has 1 amide bonds. The quantitative estimate of drug-likeness (QED) is 0.619. The summed E-state index contributed by atoms with van der Waals surface area (Å²) in [6, 6.07) is 3.69. The van der Waals surface area contributed by atoms with Crippen molar-refractivity contribution in [3.05, 3.63) is 28.1 Å². The van der Waals surface area contributed by atoms with Gasteiger partial charge in [0, 0.05) is 25.2 Å². The van der Waals surface area contributed by atoms with Crippen molar-refractivity contribution in [3.63, 3.8) is 0 Å². The molecule has 0 spiro atoms. The molecule has 0 unspecified atom stereocenters. The van der Waals surface area contributed by atoms with Crippen molar-refractivity contribution < 1.29 is 14.5 Å². The molecule has 2 aliphatic rings. The highest BCUT2D eigenvalue weighted by atomic mass is 16.6. The molecule has 2 heterocycles. The summed E-state index contributed by atoms with van der Waals surface area (Å²) in [7, 11) is 0. The Balaban J connectivity index is 1.63. The van der Waals surface area contributed by atoms with Crippen molar-refractivity contribution in [1.29, 1.82) is 0 Å². The molecule has 4 rings (SSSR count). The van der Waals surface area contributed by atoms with Crippen LogP contribution < -0.4 is 10.2 Å². The van der Waals surface area contributed by atoms with Crippen LogP contribution in [0.15, 0.2) is 12.1 Å². The number of benzene rings is 1. The standard InChI is InChI=1S/C20H27N5O4/c1-12-21-17-15(24(12)14-5-6-14)7-8-16(25(27)28)18(17)23-10-9-13(11-23)22-19(26)29-20(2,3)4/h7-8,13-14H,5-6,9-11H2,1-4H3,(H,22,26)/t13-/m0/s1. The topological polar surface area (TPSA) is 103 Å². The van der Waals surface area contributed by atoms with Gasteiger partial charge in [-0.3, -0.25) is 10.1 Å². The average Bonchev–Trinajstić information content (AvgIpc) is 3.22. The molecule has 1 atom stereocenters. The van der Waals surface area contributed by atoms with Gasteiger partial charge in [0.1, 0.15) is 22.6 Å². The molecule has 1 saturated heterocycles. The van der Waals surface area contributed by atoms with Gasteiger partial charge in [-0.25, -0.2) is 9.78 Å². The summed E-state index contributed by atoms with van der Waals surface area (Å²) in [4.78, 5) is 30.1. The first-order valence-electron chi connectivity index (χ1n) is 10.0. The molecule has 1 N–H and O–H groups in total. The van der Waals surface area contributed by atoms with Crippen molar-refractivity contribution in [2.45, 2.75) is 64.6 Å². The number of nitrogens with one attached hydrogen (secondary N) is 1. The van der Waals surface area contributed by atoms with Crippen molar-refractivity contribution in [3.8, 4) is 0 Å². The first kappa shape index (κ1) is 19.5. The van der Waals surface area contributed by atoms with Gasteiger partial charge in [-0.1, -0.05) is 0 Å². The van der Waals surface area contributed by atoms with Crippen LogP contribution in [0.25, 0.3) is 11.0 Å². The molecule has 1 aromatic heterocycles. The lowest BCUT2D eigenvalue weighted by atomic mass is 10.2. The van der Waals surface area contributed by atoms with Crippen LogP contribution in [0.5, 0.6) is 0 Å². The highest BCUT2D eigenvalue weighted by Gasteiger charge is 2.34. The molecule has 1 aliphatic carbocycles. The second-order valence-corrected chi connectivity index (χ2v) is 8.90. The molecule has 2 aromatic rings. The Morgan fingerprint density at radius 1 is 1.31 bits per heavy atom. The summed E-state index contributed by atoms with van der Waals surface area (Å²) in [5.74, 6) is 0.881. The maximum atomic E-state index is 12.1. The van der Waals surface area contributed by atoms with E-state index in [-0.39, 0.29) is 16.7 Å². The molecule has 29 heavy (non-hydrogen) atoms. The van der Waals surface area contributed by atoms with Crippen LogP contribution in [0, 0.1) is 17.0 Å². The number of alkyl carbamates (subject to hydrolysis) is 1. The van der Waals surface area contributed by atoms with E-state index in [9.17, 15) is 14.9 Å². The zero-order valence-corrected chi connectivity index (χ0v) is 17.3. The summed E-state index contributed by atoms with van der Waals surface area (Å²) in [5.41, 5.74) is 1.63. The van der Waals surface area contributed by atoms with E-state index in [0.29, 0.717) is 36.8 Å². The van der Waals surface area contributed by atoms with Crippen molar-refractivity contribution in [2.75, 3.05) is 18.0 Å². The number of nitro benzene ring substituents is 1. The van der Waals surface area contributed by atoms with Gasteiger partial charge in [0.2, 0.25) is 0 Å². The number of fused-ring (bicyclic) bond motifs is 1. The Morgan fingerprint density at radius 3 is 2.66 bits per heavy atom. The number of hydrogen-bond acceptors (Lipinski definition) is 6. The normalized spacial score (nSPS) is 19.6. The summed E-state index contributed by atoms with van der Waals surface area (Å²) in [5, 5.41) is 14.6. The van der Waals surface area contributed by atoms with Gasteiger partial charge in [-0.15, -0.1) is 0 Å². The third-order valence-electron chi connectivity index (χ3n) is 5.32. The second kappa shape index (κ2) is 6.89. The lowest BCUT2D eigenvalue weighted by Crippen LogP contribution is -2.40. The molecule has 1 saturated carbocycles. The number of carbonyl (C=O) groups is 1. The average molecular weight is 401 g/mol. The number of anilines is 1. The lowest BCUT2D eigenvalue weighted by molar-refractivity contribution is -0.384. The minimum atomic E-state index is -0.570. The number of amides is 1. The molecule has 156 valence electrons. The number of rotatable bonds is 4. The molecule has 1 aromatic carbocycles. The number of aryl methyl sites for hydroxylation is 1. The Morgan fingerprint density at radius 2 is 2.03 bits per heavy atom. The molecular formula is C20H27N5O4. The maximum Gasteiger partial charge on any atom is 0.407 e. The zero-order valence-electron chi connectivity index (χ0n) is 17.3. The third kappa shape index (κ3) is 3.86. The number of aromatic nitrogens is 2. The highest BCUT2D eigenvalue weighted by molar-refractivity contribution is 5.95. The summed E-state index contributed by atoms with van der Waals surface area (Å²) >= 11 is 0. The van der Waals surface area contributed by atoms with Gasteiger partial charge in [0.25, 0.3) is 5.69 Å². The minimum Gasteiger partial charge on any atom is -0.444 e. The monoisotopic (exact) mass is 401 g/mol. The van der Waals surface area contributed by atoms with Crippen LogP contribution in [0.4, 0.5) is 16.2 Å². The smallest absolute Gasteiger partial charge is 0.407 e. The Bertz CT molecular complexity index is 973. The van der Waals surface area contributed by atoms with E-state index in [1.165, 1.54) is 0 Å². The van der Waals surface area contributed by atoms with E-state index in [4.69, 9.17) is 9.72 Å². The fraction of sp³-hybridized carbons (Fsp3) is 0.600. The predicted molar refractivity (Wildman–Crippen MR) is 109 cm³/mol. The minimum absolute atomic E-state index is 0.0517. The number of nitro groups is 1. The fourth-order valence-corrected chi connectivity index (χ4v) is 4.06. The van der Waals surface area contributed by atoms with E-state index in [2.05, 4.69) is 9.88 Å². The van der Waals surface area contributed by atoms with Crippen molar-refractivity contribution in [2.24, 2.45) is 0 Å². The zero-order chi connectivity index (χ0) is 20.9. The fourth-order valence-electron chi connectivity index (χ4n) is 4.06. The predicted octanol–water partition coefficient (Wildman–Crippen LogP) is 3.69. The second-order valence-electron chi connectivity index (χ2n) is 8.90. The molecule has 1 aliphatic heterocycles. The van der Waals surface area contributed by atoms with E-state index in [0.717, 1.165) is 24.2 Å². The Kier molecular flexibility index (Phi) is 4.63. The van der Waals surface area contributed by atoms with Crippen molar-refractivity contribution in [1.82, 2.24) is 14.9 Å². The molecule has 0 radical (unpaired) electrons. The van der Waals surface area contributed by atoms with Crippen LogP contribution in [0.3, 0.4) is 0 Å². The highest BCUT2D eigenvalue weighted by Crippen LogP contribution is 2.43. The van der Waals surface area contributed by atoms with Gasteiger partial charge in [-0.2, -0.15) is 0 Å². The van der Waals surface area contributed by atoms with E-state index in [1.807, 2.05) is 38.7 Å². The van der Waals surface area contributed by atoms with Crippen LogP contribution in [-0.2, 0) is 4.74 Å². The molecule has 9 nitrogen and oxygen atoms in total. The summed E-state index contributed by atoms with van der Waals surface area (Å²) < 4.78 is 7.52. The van der Waals surface area contributed by atoms with E-state index < -0.39 is 11.7 Å². The first-order chi connectivity index (χ1) is 13.6. The Labute approximate surface area is 169 Å². The molecule has 2 fully saturated rings. The van der Waals surface area contributed by atoms with Gasteiger partial charge < -0.3 is 19.5 Å². The molecule has 9 heteroatoms.